The first-order valence-electron chi connectivity index (χ1n) is 7.29. The molecule has 2 N–H and O–H groups in total. The fraction of sp³-hybridized carbons (Fsp3) is 0.625. The van der Waals surface area contributed by atoms with Gasteiger partial charge in [0.15, 0.2) is 0 Å². The van der Waals surface area contributed by atoms with Gasteiger partial charge in [-0.05, 0) is 37.7 Å². The van der Waals surface area contributed by atoms with Gasteiger partial charge in [0.05, 0.1) is 6.61 Å². The molecule has 3 rings (SSSR count). The summed E-state index contributed by atoms with van der Waals surface area (Å²) in [6.07, 6.45) is 8.66. The summed E-state index contributed by atoms with van der Waals surface area (Å²) in [6.45, 7) is 0.868. The normalized spacial score (nSPS) is 22.7. The van der Waals surface area contributed by atoms with Gasteiger partial charge in [0.2, 0.25) is 0 Å². The molecule has 18 heavy (non-hydrogen) atoms. The Labute approximate surface area is 110 Å². The van der Waals surface area contributed by atoms with Crippen LogP contribution in [0.25, 0.3) is 0 Å². The highest BCUT2D eigenvalue weighted by atomic mass is 16.5. The molecule has 0 spiro atoms. The van der Waals surface area contributed by atoms with Crippen molar-refractivity contribution in [2.24, 2.45) is 11.7 Å². The van der Waals surface area contributed by atoms with Gasteiger partial charge in [-0.3, -0.25) is 0 Å². The standard InChI is InChI=1S/C16H23NO/c17-16(10-4-1-5-11-16)14-6-2-3-7-15(14)18-12-13-8-9-13/h2-3,6-7,13H,1,4-5,8-12,17H2. The Morgan fingerprint density at radius 3 is 2.56 bits per heavy atom. The maximum Gasteiger partial charge on any atom is 0.124 e. The molecule has 0 amide bonds. The molecule has 2 aliphatic carbocycles. The molecule has 0 bridgehead atoms. The summed E-state index contributed by atoms with van der Waals surface area (Å²) in [4.78, 5) is 0. The van der Waals surface area contributed by atoms with E-state index in [0.29, 0.717) is 0 Å². The van der Waals surface area contributed by atoms with Gasteiger partial charge in [-0.2, -0.15) is 0 Å². The largest absolute Gasteiger partial charge is 0.493 e. The van der Waals surface area contributed by atoms with Crippen LogP contribution >= 0.6 is 0 Å². The first kappa shape index (κ1) is 12.0. The molecule has 2 nitrogen and oxygen atoms in total. The Hall–Kier alpha value is -1.02. The molecule has 2 aliphatic rings. The van der Waals surface area contributed by atoms with Crippen molar-refractivity contribution in [1.29, 1.82) is 0 Å². The zero-order chi connectivity index (χ0) is 12.4. The first-order chi connectivity index (χ1) is 8.78. The smallest absolute Gasteiger partial charge is 0.124 e. The molecule has 0 radical (unpaired) electrons. The van der Waals surface area contributed by atoms with Gasteiger partial charge in [0.25, 0.3) is 0 Å². The first-order valence-corrected chi connectivity index (χ1v) is 7.29. The molecule has 0 aromatic heterocycles. The van der Waals surface area contributed by atoms with E-state index in [0.717, 1.165) is 31.1 Å². The van der Waals surface area contributed by atoms with Crippen LogP contribution in [0, 0.1) is 5.92 Å². The Morgan fingerprint density at radius 2 is 1.83 bits per heavy atom. The highest BCUT2D eigenvalue weighted by molar-refractivity contribution is 5.39. The maximum atomic E-state index is 6.62. The van der Waals surface area contributed by atoms with E-state index in [2.05, 4.69) is 24.3 Å². The lowest BCUT2D eigenvalue weighted by atomic mass is 9.77. The van der Waals surface area contributed by atoms with Crippen molar-refractivity contribution in [3.05, 3.63) is 29.8 Å². The van der Waals surface area contributed by atoms with Crippen molar-refractivity contribution in [2.75, 3.05) is 6.61 Å². The van der Waals surface area contributed by atoms with Gasteiger partial charge < -0.3 is 10.5 Å². The van der Waals surface area contributed by atoms with Crippen molar-refractivity contribution >= 4 is 0 Å². The van der Waals surface area contributed by atoms with Crippen LogP contribution in [-0.4, -0.2) is 6.61 Å². The molecule has 2 fully saturated rings. The Balaban J connectivity index is 1.80. The van der Waals surface area contributed by atoms with Gasteiger partial charge in [-0.15, -0.1) is 0 Å². The lowest BCUT2D eigenvalue weighted by Crippen LogP contribution is -2.39. The molecule has 0 saturated heterocycles. The van der Waals surface area contributed by atoms with Crippen LogP contribution in [0.5, 0.6) is 5.75 Å². The summed E-state index contributed by atoms with van der Waals surface area (Å²) in [5.41, 5.74) is 7.70. The fourth-order valence-corrected chi connectivity index (χ4v) is 2.95. The SMILES string of the molecule is NC1(c2ccccc2OCC2CC2)CCCCC1. The molecule has 0 atom stereocenters. The van der Waals surface area contributed by atoms with Crippen LogP contribution in [-0.2, 0) is 5.54 Å². The number of hydrogen-bond acceptors (Lipinski definition) is 2. The third kappa shape index (κ3) is 2.54. The van der Waals surface area contributed by atoms with E-state index >= 15 is 0 Å². The molecule has 1 aromatic rings. The Kier molecular flexibility index (Phi) is 3.29. The predicted octanol–water partition coefficient (Wildman–Crippen LogP) is 3.59. The van der Waals surface area contributed by atoms with E-state index in [1.807, 2.05) is 0 Å². The molecule has 2 saturated carbocycles. The van der Waals surface area contributed by atoms with Crippen LogP contribution in [0.4, 0.5) is 0 Å². The summed E-state index contributed by atoms with van der Waals surface area (Å²) in [7, 11) is 0. The summed E-state index contributed by atoms with van der Waals surface area (Å²) in [6, 6.07) is 8.38. The molecule has 98 valence electrons. The summed E-state index contributed by atoms with van der Waals surface area (Å²) in [5.74, 6) is 1.81. The number of para-hydroxylation sites is 1. The van der Waals surface area contributed by atoms with E-state index in [4.69, 9.17) is 10.5 Å². The van der Waals surface area contributed by atoms with Crippen molar-refractivity contribution in [2.45, 2.75) is 50.5 Å². The van der Waals surface area contributed by atoms with Gasteiger partial charge in [-0.1, -0.05) is 37.5 Å². The van der Waals surface area contributed by atoms with Crippen LogP contribution in [0.1, 0.15) is 50.5 Å². The third-order valence-corrected chi connectivity index (χ3v) is 4.34. The molecule has 0 heterocycles. The van der Waals surface area contributed by atoms with E-state index in [1.54, 1.807) is 0 Å². The second-order valence-corrected chi connectivity index (χ2v) is 5.97. The fourth-order valence-electron chi connectivity index (χ4n) is 2.95. The molecular weight excluding hydrogens is 222 g/mol. The van der Waals surface area contributed by atoms with E-state index < -0.39 is 0 Å². The van der Waals surface area contributed by atoms with Gasteiger partial charge in [0.1, 0.15) is 5.75 Å². The van der Waals surface area contributed by atoms with E-state index in [-0.39, 0.29) is 5.54 Å². The zero-order valence-corrected chi connectivity index (χ0v) is 11.0. The number of hydrogen-bond donors (Lipinski definition) is 1. The maximum absolute atomic E-state index is 6.62. The van der Waals surface area contributed by atoms with Crippen LogP contribution in [0.2, 0.25) is 0 Å². The van der Waals surface area contributed by atoms with E-state index in [1.165, 1.54) is 37.7 Å². The van der Waals surface area contributed by atoms with Crippen molar-refractivity contribution in [3.8, 4) is 5.75 Å². The second kappa shape index (κ2) is 4.93. The minimum atomic E-state index is -0.154. The highest BCUT2D eigenvalue weighted by Gasteiger charge is 2.32. The van der Waals surface area contributed by atoms with Gasteiger partial charge in [-0.25, -0.2) is 0 Å². The Morgan fingerprint density at radius 1 is 1.11 bits per heavy atom. The van der Waals surface area contributed by atoms with Crippen LogP contribution in [0.15, 0.2) is 24.3 Å². The number of benzene rings is 1. The summed E-state index contributed by atoms with van der Waals surface area (Å²) < 4.78 is 6.00. The third-order valence-electron chi connectivity index (χ3n) is 4.34. The molecule has 2 heteroatoms. The molecule has 1 aromatic carbocycles. The van der Waals surface area contributed by atoms with Gasteiger partial charge in [0, 0.05) is 11.1 Å². The molecule has 0 unspecified atom stereocenters. The lowest BCUT2D eigenvalue weighted by Gasteiger charge is -2.35. The van der Waals surface area contributed by atoms with Crippen molar-refractivity contribution in [3.63, 3.8) is 0 Å². The monoisotopic (exact) mass is 245 g/mol. The topological polar surface area (TPSA) is 35.2 Å². The highest BCUT2D eigenvalue weighted by Crippen LogP contribution is 2.39. The molecular formula is C16H23NO. The number of rotatable bonds is 4. The quantitative estimate of drug-likeness (QED) is 0.879. The number of ether oxygens (including phenoxy) is 1. The Bertz CT molecular complexity index is 405. The van der Waals surface area contributed by atoms with Crippen LogP contribution in [0.3, 0.4) is 0 Å². The number of nitrogens with two attached hydrogens (primary N) is 1. The zero-order valence-electron chi connectivity index (χ0n) is 11.0. The van der Waals surface area contributed by atoms with Crippen molar-refractivity contribution < 1.29 is 4.74 Å². The summed E-state index contributed by atoms with van der Waals surface area (Å²) in [5, 5.41) is 0. The average molecular weight is 245 g/mol. The van der Waals surface area contributed by atoms with E-state index in [9.17, 15) is 0 Å². The minimum absolute atomic E-state index is 0.154. The van der Waals surface area contributed by atoms with Gasteiger partial charge >= 0.3 is 0 Å². The average Bonchev–Trinajstić information content (AvgIpc) is 3.22. The predicted molar refractivity (Wildman–Crippen MR) is 73.6 cm³/mol. The summed E-state index contributed by atoms with van der Waals surface area (Å²) >= 11 is 0. The minimum Gasteiger partial charge on any atom is -0.493 e. The van der Waals surface area contributed by atoms with Crippen LogP contribution < -0.4 is 10.5 Å². The lowest BCUT2D eigenvalue weighted by molar-refractivity contribution is 0.263. The molecule has 0 aliphatic heterocycles. The van der Waals surface area contributed by atoms with Crippen molar-refractivity contribution in [1.82, 2.24) is 0 Å². The second-order valence-electron chi connectivity index (χ2n) is 5.97.